The highest BCUT2D eigenvalue weighted by molar-refractivity contribution is 5.76. The third-order valence-corrected chi connectivity index (χ3v) is 3.30. The summed E-state index contributed by atoms with van der Waals surface area (Å²) in [5, 5.41) is 14.6. The first-order chi connectivity index (χ1) is 8.67. The van der Waals surface area contributed by atoms with Crippen LogP contribution in [0.5, 0.6) is 0 Å². The summed E-state index contributed by atoms with van der Waals surface area (Å²) in [6.07, 6.45) is 2.94. The molecule has 0 radical (unpaired) electrons. The van der Waals surface area contributed by atoms with Gasteiger partial charge in [-0.2, -0.15) is 0 Å². The Bertz CT molecular complexity index is 332. The molecule has 0 aromatic heterocycles. The minimum atomic E-state index is -0.884. The molecule has 0 spiro atoms. The Balaban J connectivity index is 2.45. The van der Waals surface area contributed by atoms with Crippen LogP contribution < -0.4 is 10.6 Å². The van der Waals surface area contributed by atoms with Gasteiger partial charge in [0.05, 0.1) is 6.42 Å². The molecule has 1 aliphatic rings. The van der Waals surface area contributed by atoms with Crippen LogP contribution in [0.15, 0.2) is 0 Å². The first kappa shape index (κ1) is 15.8. The summed E-state index contributed by atoms with van der Waals surface area (Å²) in [7, 11) is 0. The van der Waals surface area contributed by atoms with E-state index in [0.717, 1.165) is 0 Å². The van der Waals surface area contributed by atoms with Crippen molar-refractivity contribution in [1.29, 1.82) is 0 Å². The average molecular weight is 270 g/mol. The van der Waals surface area contributed by atoms with Crippen molar-refractivity contribution in [3.8, 4) is 0 Å². The molecule has 0 heterocycles. The van der Waals surface area contributed by atoms with E-state index < -0.39 is 5.97 Å². The highest BCUT2D eigenvalue weighted by atomic mass is 16.4. The first-order valence-corrected chi connectivity index (χ1v) is 6.96. The molecule has 0 bridgehead atoms. The van der Waals surface area contributed by atoms with Crippen molar-refractivity contribution in [1.82, 2.24) is 10.6 Å². The largest absolute Gasteiger partial charge is 0.481 e. The summed E-state index contributed by atoms with van der Waals surface area (Å²) in [5.41, 5.74) is -0.0183. The summed E-state index contributed by atoms with van der Waals surface area (Å²) in [5.74, 6) is -0.295. The average Bonchev–Trinajstić information content (AvgIpc) is 2.94. The molecule has 1 fully saturated rings. The van der Waals surface area contributed by atoms with Crippen LogP contribution in [0.3, 0.4) is 0 Å². The van der Waals surface area contributed by atoms with Crippen LogP contribution in [-0.4, -0.2) is 29.2 Å². The van der Waals surface area contributed by atoms with Gasteiger partial charge in [-0.3, -0.25) is 4.79 Å². The van der Waals surface area contributed by atoms with E-state index in [1.165, 1.54) is 12.8 Å². The van der Waals surface area contributed by atoms with Gasteiger partial charge in [-0.25, -0.2) is 4.79 Å². The number of amides is 2. The Morgan fingerprint density at radius 2 is 1.84 bits per heavy atom. The van der Waals surface area contributed by atoms with E-state index in [4.69, 9.17) is 5.11 Å². The minimum Gasteiger partial charge on any atom is -0.481 e. The van der Waals surface area contributed by atoms with E-state index in [1.807, 2.05) is 27.7 Å². The fourth-order valence-electron chi connectivity index (χ4n) is 2.27. The van der Waals surface area contributed by atoms with Gasteiger partial charge >= 0.3 is 12.0 Å². The van der Waals surface area contributed by atoms with Gasteiger partial charge < -0.3 is 15.7 Å². The van der Waals surface area contributed by atoms with Crippen molar-refractivity contribution in [2.45, 2.75) is 65.5 Å². The summed E-state index contributed by atoms with van der Waals surface area (Å²) in [6.45, 7) is 8.10. The maximum atomic E-state index is 11.8. The number of hydrogen-bond donors (Lipinski definition) is 3. The number of carbonyl (C=O) groups excluding carboxylic acids is 1. The highest BCUT2D eigenvalue weighted by Crippen LogP contribution is 2.32. The molecule has 1 rings (SSSR count). The lowest BCUT2D eigenvalue weighted by atomic mass is 9.87. The third kappa shape index (κ3) is 7.03. The molecule has 0 aromatic rings. The Labute approximate surface area is 115 Å². The lowest BCUT2D eigenvalue weighted by molar-refractivity contribution is -0.137. The molecule has 2 atom stereocenters. The van der Waals surface area contributed by atoms with E-state index in [2.05, 4.69) is 10.6 Å². The van der Waals surface area contributed by atoms with E-state index in [-0.39, 0.29) is 30.0 Å². The highest BCUT2D eigenvalue weighted by Gasteiger charge is 2.30. The number of hydrogen-bond acceptors (Lipinski definition) is 2. The quantitative estimate of drug-likeness (QED) is 0.693. The molecule has 3 N–H and O–H groups in total. The molecule has 1 saturated carbocycles. The van der Waals surface area contributed by atoms with Gasteiger partial charge in [0.25, 0.3) is 0 Å². The van der Waals surface area contributed by atoms with Crippen LogP contribution >= 0.6 is 0 Å². The van der Waals surface area contributed by atoms with Crippen LogP contribution in [0.1, 0.15) is 53.4 Å². The normalized spacial score (nSPS) is 18.5. The zero-order valence-electron chi connectivity index (χ0n) is 12.3. The smallest absolute Gasteiger partial charge is 0.315 e. The molecule has 0 saturated heterocycles. The number of urea groups is 1. The van der Waals surface area contributed by atoms with Crippen molar-refractivity contribution in [2.75, 3.05) is 0 Å². The topological polar surface area (TPSA) is 78.4 Å². The Kier molecular flexibility index (Phi) is 5.20. The van der Waals surface area contributed by atoms with Crippen molar-refractivity contribution < 1.29 is 14.7 Å². The molecule has 0 aromatic carbocycles. The zero-order valence-corrected chi connectivity index (χ0v) is 12.3. The molecule has 1 aliphatic carbocycles. The number of aliphatic carboxylic acids is 1. The van der Waals surface area contributed by atoms with Crippen LogP contribution in [0.25, 0.3) is 0 Å². The van der Waals surface area contributed by atoms with E-state index >= 15 is 0 Å². The fraction of sp³-hybridized carbons (Fsp3) is 0.857. The van der Waals surface area contributed by atoms with Crippen molar-refractivity contribution in [3.05, 3.63) is 0 Å². The maximum Gasteiger partial charge on any atom is 0.315 e. The molecular weight excluding hydrogens is 244 g/mol. The Morgan fingerprint density at radius 1 is 1.26 bits per heavy atom. The predicted molar refractivity (Wildman–Crippen MR) is 74.0 cm³/mol. The molecule has 110 valence electrons. The molecule has 0 aliphatic heterocycles. The second kappa shape index (κ2) is 6.26. The van der Waals surface area contributed by atoms with Crippen LogP contribution in [-0.2, 0) is 4.79 Å². The molecular formula is C14H26N2O3. The van der Waals surface area contributed by atoms with Crippen molar-refractivity contribution >= 4 is 12.0 Å². The molecule has 2 amide bonds. The number of carboxylic acids is 1. The van der Waals surface area contributed by atoms with Gasteiger partial charge in [0.15, 0.2) is 0 Å². The summed E-state index contributed by atoms with van der Waals surface area (Å²) in [4.78, 5) is 22.7. The first-order valence-electron chi connectivity index (χ1n) is 6.96. The fourth-order valence-corrected chi connectivity index (χ4v) is 2.27. The van der Waals surface area contributed by atoms with Crippen LogP contribution in [0.2, 0.25) is 0 Å². The van der Waals surface area contributed by atoms with Crippen molar-refractivity contribution in [2.24, 2.45) is 11.3 Å². The number of carbonyl (C=O) groups is 2. The Morgan fingerprint density at radius 3 is 2.26 bits per heavy atom. The number of carboxylic acid groups (broad SMARTS) is 1. The zero-order chi connectivity index (χ0) is 14.6. The third-order valence-electron chi connectivity index (χ3n) is 3.30. The van der Waals surface area contributed by atoms with Gasteiger partial charge in [0, 0.05) is 12.1 Å². The molecule has 5 nitrogen and oxygen atoms in total. The predicted octanol–water partition coefficient (Wildman–Crippen LogP) is 2.36. The van der Waals surface area contributed by atoms with Crippen molar-refractivity contribution in [3.63, 3.8) is 0 Å². The molecule has 5 heteroatoms. The second-order valence-corrected chi connectivity index (χ2v) is 6.80. The minimum absolute atomic E-state index is 0.0183. The monoisotopic (exact) mass is 270 g/mol. The molecule has 19 heavy (non-hydrogen) atoms. The summed E-state index contributed by atoms with van der Waals surface area (Å²) >= 11 is 0. The van der Waals surface area contributed by atoms with Crippen LogP contribution in [0, 0.1) is 11.3 Å². The van der Waals surface area contributed by atoms with E-state index in [9.17, 15) is 9.59 Å². The number of rotatable bonds is 6. The van der Waals surface area contributed by atoms with Gasteiger partial charge in [-0.15, -0.1) is 0 Å². The van der Waals surface area contributed by atoms with Gasteiger partial charge in [0.2, 0.25) is 0 Å². The van der Waals surface area contributed by atoms with E-state index in [1.54, 1.807) is 0 Å². The second-order valence-electron chi connectivity index (χ2n) is 6.80. The lowest BCUT2D eigenvalue weighted by Gasteiger charge is -2.26. The maximum absolute atomic E-state index is 11.8. The van der Waals surface area contributed by atoms with Gasteiger partial charge in [-0.1, -0.05) is 20.8 Å². The van der Waals surface area contributed by atoms with E-state index in [0.29, 0.717) is 12.3 Å². The summed E-state index contributed by atoms with van der Waals surface area (Å²) < 4.78 is 0. The van der Waals surface area contributed by atoms with Gasteiger partial charge in [0.1, 0.15) is 0 Å². The Hall–Kier alpha value is -1.26. The number of nitrogens with one attached hydrogen (secondary N) is 2. The van der Waals surface area contributed by atoms with Crippen LogP contribution in [0.4, 0.5) is 4.79 Å². The van der Waals surface area contributed by atoms with Gasteiger partial charge in [-0.05, 0) is 37.5 Å². The SMILES string of the molecule is CC(NC(=O)NC(CC(=O)O)CC(C)(C)C)C1CC1. The molecule has 2 unspecified atom stereocenters. The lowest BCUT2D eigenvalue weighted by Crippen LogP contribution is -2.47. The standard InChI is InChI=1S/C14H26N2O3/c1-9(10-5-6-10)15-13(19)16-11(7-12(17)18)8-14(2,3)4/h9-11H,5-8H2,1-4H3,(H,17,18)(H2,15,16,19). The summed E-state index contributed by atoms with van der Waals surface area (Å²) in [6, 6.07) is -0.418.